The zero-order valence-electron chi connectivity index (χ0n) is 13.1. The highest BCUT2D eigenvalue weighted by Crippen LogP contribution is 2.16. The molecule has 0 radical (unpaired) electrons. The third-order valence-corrected chi connectivity index (χ3v) is 3.91. The molecule has 0 aliphatic carbocycles. The van der Waals surface area contributed by atoms with E-state index in [1.165, 1.54) is 0 Å². The van der Waals surface area contributed by atoms with Crippen molar-refractivity contribution in [2.75, 3.05) is 44.6 Å². The van der Waals surface area contributed by atoms with Gasteiger partial charge in [0.15, 0.2) is 0 Å². The molecule has 2 N–H and O–H groups in total. The van der Waals surface area contributed by atoms with Gasteiger partial charge in [0.05, 0.1) is 6.61 Å². The molecule has 0 spiro atoms. The summed E-state index contributed by atoms with van der Waals surface area (Å²) in [6.45, 7) is 6.95. The van der Waals surface area contributed by atoms with Crippen LogP contribution in [-0.4, -0.2) is 66.1 Å². The van der Waals surface area contributed by atoms with Crippen LogP contribution in [0.25, 0.3) is 0 Å². The number of nitrogens with zero attached hydrogens (tertiary/aromatic N) is 2. The molecule has 1 aromatic rings. The number of hydrogen-bond acceptors (Lipinski definition) is 4. The van der Waals surface area contributed by atoms with Gasteiger partial charge in [-0.1, -0.05) is 12.1 Å². The second-order valence-corrected chi connectivity index (χ2v) is 5.63. The molecule has 6 nitrogen and oxygen atoms in total. The molecular weight excluding hydrogens is 282 g/mol. The van der Waals surface area contributed by atoms with E-state index in [9.17, 15) is 9.59 Å². The maximum Gasteiger partial charge on any atom is 0.313 e. The van der Waals surface area contributed by atoms with Gasteiger partial charge in [-0.2, -0.15) is 0 Å². The molecule has 2 amide bonds. The van der Waals surface area contributed by atoms with Gasteiger partial charge in [-0.25, -0.2) is 0 Å². The summed E-state index contributed by atoms with van der Waals surface area (Å²) in [7, 11) is 0. The van der Waals surface area contributed by atoms with Crippen LogP contribution in [0.1, 0.15) is 11.1 Å². The number of hydrogen-bond donors (Lipinski definition) is 2. The van der Waals surface area contributed by atoms with Crippen molar-refractivity contribution >= 4 is 17.5 Å². The molecule has 1 aliphatic heterocycles. The van der Waals surface area contributed by atoms with Crippen LogP contribution in [0.2, 0.25) is 0 Å². The summed E-state index contributed by atoms with van der Waals surface area (Å²) in [5.74, 6) is -1.09. The lowest BCUT2D eigenvalue weighted by molar-refractivity contribution is -0.144. The van der Waals surface area contributed by atoms with Crippen LogP contribution in [0.4, 0.5) is 5.69 Å². The Labute approximate surface area is 130 Å². The number of carbonyl (C=O) groups is 2. The molecule has 2 rings (SSSR count). The number of nitrogens with one attached hydrogen (secondary N) is 1. The van der Waals surface area contributed by atoms with Crippen LogP contribution in [0, 0.1) is 13.8 Å². The van der Waals surface area contributed by atoms with Crippen molar-refractivity contribution < 1.29 is 14.7 Å². The van der Waals surface area contributed by atoms with Crippen molar-refractivity contribution in [1.82, 2.24) is 9.80 Å². The fourth-order valence-corrected chi connectivity index (χ4v) is 2.51. The number of aliphatic hydroxyl groups excluding tert-OH is 1. The predicted molar refractivity (Wildman–Crippen MR) is 84.7 cm³/mol. The van der Waals surface area contributed by atoms with Crippen molar-refractivity contribution in [2.24, 2.45) is 0 Å². The second kappa shape index (κ2) is 7.38. The van der Waals surface area contributed by atoms with E-state index in [0.29, 0.717) is 38.4 Å². The van der Waals surface area contributed by atoms with Gasteiger partial charge in [-0.3, -0.25) is 14.5 Å². The fourth-order valence-electron chi connectivity index (χ4n) is 2.51. The van der Waals surface area contributed by atoms with Crippen LogP contribution in [0.15, 0.2) is 18.2 Å². The number of aliphatic hydroxyl groups is 1. The molecule has 6 heteroatoms. The number of benzene rings is 1. The maximum absolute atomic E-state index is 12.2. The first-order chi connectivity index (χ1) is 10.5. The Morgan fingerprint density at radius 2 is 1.86 bits per heavy atom. The first kappa shape index (κ1) is 16.5. The van der Waals surface area contributed by atoms with E-state index in [4.69, 9.17) is 5.11 Å². The molecule has 22 heavy (non-hydrogen) atoms. The monoisotopic (exact) mass is 305 g/mol. The van der Waals surface area contributed by atoms with E-state index < -0.39 is 11.8 Å². The lowest BCUT2D eigenvalue weighted by atomic mass is 10.1. The van der Waals surface area contributed by atoms with Gasteiger partial charge in [0.2, 0.25) is 0 Å². The second-order valence-electron chi connectivity index (χ2n) is 5.63. The van der Waals surface area contributed by atoms with Crippen molar-refractivity contribution in [2.45, 2.75) is 13.8 Å². The Morgan fingerprint density at radius 3 is 2.50 bits per heavy atom. The average Bonchev–Trinajstić information content (AvgIpc) is 2.51. The highest BCUT2D eigenvalue weighted by atomic mass is 16.3. The molecule has 0 aromatic heterocycles. The van der Waals surface area contributed by atoms with E-state index >= 15 is 0 Å². The van der Waals surface area contributed by atoms with Crippen LogP contribution >= 0.6 is 0 Å². The summed E-state index contributed by atoms with van der Waals surface area (Å²) in [6.07, 6.45) is 0. The Balaban J connectivity index is 1.93. The van der Waals surface area contributed by atoms with E-state index in [0.717, 1.165) is 11.1 Å². The number of β-amino-alcohol motifs (C(OH)–C–C–N with tert-alkyl or cyclic N) is 1. The normalized spacial score (nSPS) is 15.7. The Kier molecular flexibility index (Phi) is 5.51. The zero-order chi connectivity index (χ0) is 16.1. The number of anilines is 1. The number of carbonyl (C=O) groups excluding carboxylic acids is 2. The van der Waals surface area contributed by atoms with Crippen LogP contribution < -0.4 is 5.32 Å². The molecule has 0 bridgehead atoms. The minimum atomic E-state index is -0.593. The van der Waals surface area contributed by atoms with Crippen molar-refractivity contribution in [3.05, 3.63) is 29.3 Å². The lowest BCUT2D eigenvalue weighted by Gasteiger charge is -2.33. The van der Waals surface area contributed by atoms with Gasteiger partial charge in [-0.05, 0) is 31.0 Å². The highest BCUT2D eigenvalue weighted by molar-refractivity contribution is 6.39. The topological polar surface area (TPSA) is 72.9 Å². The van der Waals surface area contributed by atoms with Crippen LogP contribution in [-0.2, 0) is 9.59 Å². The predicted octanol–water partition coefficient (Wildman–Crippen LogP) is 0.378. The Morgan fingerprint density at radius 1 is 1.18 bits per heavy atom. The third kappa shape index (κ3) is 4.05. The maximum atomic E-state index is 12.2. The molecule has 0 unspecified atom stereocenters. The Hall–Kier alpha value is -1.92. The number of amides is 2. The van der Waals surface area contributed by atoms with Gasteiger partial charge in [0, 0.05) is 38.4 Å². The molecule has 120 valence electrons. The van der Waals surface area contributed by atoms with Gasteiger partial charge in [0.25, 0.3) is 0 Å². The molecule has 1 aliphatic rings. The van der Waals surface area contributed by atoms with Gasteiger partial charge in [0.1, 0.15) is 0 Å². The van der Waals surface area contributed by atoms with Crippen molar-refractivity contribution in [3.63, 3.8) is 0 Å². The standard InChI is InChI=1S/C16H23N3O3/c1-12-3-4-13(2)14(11-12)17-15(21)16(22)19-7-5-18(6-8-19)9-10-20/h3-4,11,20H,5-10H2,1-2H3,(H,17,21). The molecule has 0 saturated carbocycles. The van der Waals surface area contributed by atoms with Crippen LogP contribution in [0.3, 0.4) is 0 Å². The quantitative estimate of drug-likeness (QED) is 0.792. The lowest BCUT2D eigenvalue weighted by Crippen LogP contribution is -2.52. The molecule has 1 fully saturated rings. The summed E-state index contributed by atoms with van der Waals surface area (Å²) < 4.78 is 0. The third-order valence-electron chi connectivity index (χ3n) is 3.91. The van der Waals surface area contributed by atoms with Crippen molar-refractivity contribution in [3.8, 4) is 0 Å². The van der Waals surface area contributed by atoms with Gasteiger partial charge in [-0.15, -0.1) is 0 Å². The first-order valence-electron chi connectivity index (χ1n) is 7.52. The summed E-state index contributed by atoms with van der Waals surface area (Å²) >= 11 is 0. The van der Waals surface area contributed by atoms with Crippen molar-refractivity contribution in [1.29, 1.82) is 0 Å². The summed E-state index contributed by atoms with van der Waals surface area (Å²) in [6, 6.07) is 5.75. The Bertz CT molecular complexity index is 552. The van der Waals surface area contributed by atoms with Crippen LogP contribution in [0.5, 0.6) is 0 Å². The number of aryl methyl sites for hydroxylation is 2. The molecule has 1 saturated heterocycles. The van der Waals surface area contributed by atoms with E-state index in [2.05, 4.69) is 10.2 Å². The average molecular weight is 305 g/mol. The summed E-state index contributed by atoms with van der Waals surface area (Å²) in [4.78, 5) is 28.0. The number of piperazine rings is 1. The SMILES string of the molecule is Cc1ccc(C)c(NC(=O)C(=O)N2CCN(CCO)CC2)c1. The minimum absolute atomic E-state index is 0.112. The largest absolute Gasteiger partial charge is 0.395 e. The number of rotatable bonds is 3. The summed E-state index contributed by atoms with van der Waals surface area (Å²) in [5, 5.41) is 11.6. The van der Waals surface area contributed by atoms with E-state index in [1.54, 1.807) is 4.90 Å². The minimum Gasteiger partial charge on any atom is -0.395 e. The highest BCUT2D eigenvalue weighted by Gasteiger charge is 2.26. The molecule has 1 aromatic carbocycles. The van der Waals surface area contributed by atoms with Gasteiger partial charge >= 0.3 is 11.8 Å². The fraction of sp³-hybridized carbons (Fsp3) is 0.500. The zero-order valence-corrected chi connectivity index (χ0v) is 13.1. The van der Waals surface area contributed by atoms with E-state index in [1.807, 2.05) is 32.0 Å². The molecule has 1 heterocycles. The van der Waals surface area contributed by atoms with E-state index in [-0.39, 0.29) is 6.61 Å². The smallest absolute Gasteiger partial charge is 0.313 e. The molecular formula is C16H23N3O3. The van der Waals surface area contributed by atoms with Gasteiger partial charge < -0.3 is 15.3 Å². The summed E-state index contributed by atoms with van der Waals surface area (Å²) in [5.41, 5.74) is 2.64. The molecule has 0 atom stereocenters. The first-order valence-corrected chi connectivity index (χ1v) is 7.52.